The molecule has 5 aromatic carbocycles. The number of halogens is 4. The van der Waals surface area contributed by atoms with E-state index in [1.54, 1.807) is 0 Å². The number of benzene rings is 5. The second-order valence-electron chi connectivity index (χ2n) is 9.26. The number of nitrogens with zero attached hydrogens (tertiary/aromatic N) is 1. The van der Waals surface area contributed by atoms with Crippen LogP contribution < -0.4 is 4.90 Å². The Labute approximate surface area is 255 Å². The van der Waals surface area contributed by atoms with E-state index in [1.807, 2.05) is 91.9 Å². The Morgan fingerprint density at radius 3 is 1.18 bits per heavy atom. The highest BCUT2D eigenvalue weighted by Gasteiger charge is 2.17. The van der Waals surface area contributed by atoms with Gasteiger partial charge in [0.25, 0.3) is 0 Å². The van der Waals surface area contributed by atoms with E-state index in [0.717, 1.165) is 28.2 Å². The van der Waals surface area contributed by atoms with Crippen LogP contribution >= 0.6 is 46.4 Å². The summed E-state index contributed by atoms with van der Waals surface area (Å²) in [7, 11) is 0. The van der Waals surface area contributed by atoms with E-state index in [1.165, 1.54) is 5.56 Å². The molecule has 0 spiro atoms. The molecule has 0 heterocycles. The lowest BCUT2D eigenvalue weighted by atomic mass is 10.1. The highest BCUT2D eigenvalue weighted by Crippen LogP contribution is 2.43. The Hall–Kier alpha value is -3.46. The van der Waals surface area contributed by atoms with Gasteiger partial charge in [-0.2, -0.15) is 0 Å². The number of hydrogen-bond donors (Lipinski definition) is 0. The topological polar surface area (TPSA) is 3.24 Å². The fraction of sp³-hybridized carbons (Fsp3) is 0.0286. The Kier molecular flexibility index (Phi) is 8.99. The standard InChI is InChI=1S/C35H25Cl4N/c1-24-12-14-25(15-13-24)18-22-30-32(36)34(38)31(35(39)33(30)37)23-19-26-16-20-29(21-17-26)40(27-8-4-2-5-9-27)28-10-6-3-7-11-28/h2-23H,1H3/b22-18+,23-19+. The normalized spacial score (nSPS) is 11.4. The number of hydrogen-bond acceptors (Lipinski definition) is 1. The van der Waals surface area contributed by atoms with Crippen LogP contribution in [0.2, 0.25) is 20.1 Å². The van der Waals surface area contributed by atoms with Crippen LogP contribution in [-0.2, 0) is 0 Å². The van der Waals surface area contributed by atoms with Gasteiger partial charge >= 0.3 is 0 Å². The SMILES string of the molecule is Cc1ccc(/C=C/c2c(Cl)c(Cl)c(/C=C/c3ccc(N(c4ccccc4)c4ccccc4)cc3)c(Cl)c2Cl)cc1. The molecule has 0 bridgehead atoms. The maximum atomic E-state index is 6.68. The molecule has 0 atom stereocenters. The lowest BCUT2D eigenvalue weighted by molar-refractivity contribution is 1.28. The average molecular weight is 601 g/mol. The monoisotopic (exact) mass is 599 g/mol. The van der Waals surface area contributed by atoms with Gasteiger partial charge in [0.2, 0.25) is 0 Å². The summed E-state index contributed by atoms with van der Waals surface area (Å²) in [5.41, 5.74) is 7.55. The van der Waals surface area contributed by atoms with Gasteiger partial charge in [0.1, 0.15) is 0 Å². The predicted octanol–water partition coefficient (Wildman–Crippen LogP) is 12.4. The second-order valence-corrected chi connectivity index (χ2v) is 10.8. The zero-order valence-corrected chi connectivity index (χ0v) is 24.7. The molecule has 5 heteroatoms. The number of para-hydroxylation sites is 2. The quantitative estimate of drug-likeness (QED) is 0.133. The zero-order valence-electron chi connectivity index (χ0n) is 21.7. The van der Waals surface area contributed by atoms with Crippen molar-refractivity contribution in [2.45, 2.75) is 6.92 Å². The molecule has 0 aliphatic heterocycles. The van der Waals surface area contributed by atoms with Gasteiger partial charge in [-0.1, -0.05) is 149 Å². The largest absolute Gasteiger partial charge is 0.311 e. The van der Waals surface area contributed by atoms with Gasteiger partial charge in [-0.3, -0.25) is 0 Å². The van der Waals surface area contributed by atoms with E-state index in [2.05, 4.69) is 53.4 Å². The van der Waals surface area contributed by atoms with Crippen LogP contribution in [0.1, 0.15) is 27.8 Å². The molecular formula is C35H25Cl4N. The first-order valence-corrected chi connectivity index (χ1v) is 14.2. The summed E-state index contributed by atoms with van der Waals surface area (Å²) < 4.78 is 0. The molecule has 5 aromatic rings. The lowest BCUT2D eigenvalue weighted by Gasteiger charge is -2.25. The van der Waals surface area contributed by atoms with Crippen molar-refractivity contribution >= 4 is 87.8 Å². The molecule has 0 aliphatic rings. The Bertz CT molecular complexity index is 1590. The molecule has 198 valence electrons. The van der Waals surface area contributed by atoms with Gasteiger partial charge in [0.15, 0.2) is 0 Å². The van der Waals surface area contributed by atoms with Crippen LogP contribution in [0.15, 0.2) is 109 Å². The highest BCUT2D eigenvalue weighted by atomic mass is 35.5. The van der Waals surface area contributed by atoms with Crippen LogP contribution in [0.25, 0.3) is 24.3 Å². The van der Waals surface area contributed by atoms with E-state index >= 15 is 0 Å². The van der Waals surface area contributed by atoms with Crippen LogP contribution in [0, 0.1) is 6.92 Å². The fourth-order valence-electron chi connectivity index (χ4n) is 4.33. The van der Waals surface area contributed by atoms with Crippen molar-refractivity contribution in [3.8, 4) is 0 Å². The lowest BCUT2D eigenvalue weighted by Crippen LogP contribution is -2.09. The maximum Gasteiger partial charge on any atom is 0.0686 e. The van der Waals surface area contributed by atoms with Crippen LogP contribution in [-0.4, -0.2) is 0 Å². The first kappa shape index (κ1) is 28.1. The molecule has 40 heavy (non-hydrogen) atoms. The van der Waals surface area contributed by atoms with Crippen molar-refractivity contribution in [2.24, 2.45) is 0 Å². The van der Waals surface area contributed by atoms with E-state index in [4.69, 9.17) is 46.4 Å². The number of aryl methyl sites for hydroxylation is 1. The first-order valence-electron chi connectivity index (χ1n) is 12.7. The Morgan fingerprint density at radius 2 is 0.775 bits per heavy atom. The van der Waals surface area contributed by atoms with Gasteiger partial charge in [0.05, 0.1) is 20.1 Å². The summed E-state index contributed by atoms with van der Waals surface area (Å²) in [6.07, 6.45) is 7.56. The van der Waals surface area contributed by atoms with Crippen molar-refractivity contribution in [2.75, 3.05) is 4.90 Å². The molecule has 0 amide bonds. The van der Waals surface area contributed by atoms with Crippen molar-refractivity contribution in [3.05, 3.63) is 157 Å². The van der Waals surface area contributed by atoms with Crippen molar-refractivity contribution in [1.29, 1.82) is 0 Å². The minimum Gasteiger partial charge on any atom is -0.311 e. The summed E-state index contributed by atoms with van der Waals surface area (Å²) in [5.74, 6) is 0. The summed E-state index contributed by atoms with van der Waals surface area (Å²) >= 11 is 26.7. The van der Waals surface area contributed by atoms with E-state index < -0.39 is 0 Å². The molecule has 5 rings (SSSR count). The van der Waals surface area contributed by atoms with Crippen LogP contribution in [0.4, 0.5) is 17.1 Å². The van der Waals surface area contributed by atoms with Gasteiger partial charge in [-0.25, -0.2) is 0 Å². The Balaban J connectivity index is 1.42. The summed E-state index contributed by atoms with van der Waals surface area (Å²) in [6, 6.07) is 37.0. The third kappa shape index (κ3) is 6.30. The number of anilines is 3. The summed E-state index contributed by atoms with van der Waals surface area (Å²) in [5, 5.41) is 1.42. The smallest absolute Gasteiger partial charge is 0.0686 e. The maximum absolute atomic E-state index is 6.68. The minimum absolute atomic E-state index is 0.354. The molecule has 0 unspecified atom stereocenters. The summed E-state index contributed by atoms with van der Waals surface area (Å²) in [6.45, 7) is 2.05. The van der Waals surface area contributed by atoms with Crippen molar-refractivity contribution in [3.63, 3.8) is 0 Å². The molecule has 0 saturated carbocycles. The fourth-order valence-corrected chi connectivity index (χ4v) is 5.46. The van der Waals surface area contributed by atoms with E-state index in [-0.39, 0.29) is 0 Å². The number of rotatable bonds is 7. The van der Waals surface area contributed by atoms with Gasteiger partial charge < -0.3 is 4.90 Å². The minimum atomic E-state index is 0.354. The molecule has 0 fully saturated rings. The molecular weight excluding hydrogens is 576 g/mol. The van der Waals surface area contributed by atoms with Gasteiger partial charge in [0, 0.05) is 28.2 Å². The first-order chi connectivity index (χ1) is 19.4. The van der Waals surface area contributed by atoms with E-state index in [0.29, 0.717) is 31.2 Å². The molecule has 1 nitrogen and oxygen atoms in total. The van der Waals surface area contributed by atoms with Crippen LogP contribution in [0.3, 0.4) is 0 Å². The molecule has 0 radical (unpaired) electrons. The third-order valence-corrected chi connectivity index (χ3v) is 8.24. The average Bonchev–Trinajstić information content (AvgIpc) is 2.99. The molecule has 0 saturated heterocycles. The van der Waals surface area contributed by atoms with Crippen molar-refractivity contribution in [1.82, 2.24) is 0 Å². The van der Waals surface area contributed by atoms with Gasteiger partial charge in [-0.15, -0.1) is 0 Å². The highest BCUT2D eigenvalue weighted by molar-refractivity contribution is 6.50. The van der Waals surface area contributed by atoms with Gasteiger partial charge in [-0.05, 0) is 54.4 Å². The molecule has 0 aliphatic carbocycles. The third-order valence-electron chi connectivity index (χ3n) is 6.47. The zero-order chi connectivity index (χ0) is 28.1. The van der Waals surface area contributed by atoms with E-state index in [9.17, 15) is 0 Å². The molecule has 0 N–H and O–H groups in total. The van der Waals surface area contributed by atoms with Crippen molar-refractivity contribution < 1.29 is 0 Å². The summed E-state index contributed by atoms with van der Waals surface area (Å²) in [4.78, 5) is 2.21. The molecule has 0 aromatic heterocycles. The second kappa shape index (κ2) is 12.8. The van der Waals surface area contributed by atoms with Crippen LogP contribution in [0.5, 0.6) is 0 Å². The predicted molar refractivity (Wildman–Crippen MR) is 177 cm³/mol. The Morgan fingerprint density at radius 1 is 0.425 bits per heavy atom.